The lowest BCUT2D eigenvalue weighted by Crippen LogP contribution is -2.41. The summed E-state index contributed by atoms with van der Waals surface area (Å²) < 4.78 is 6.05. The molecule has 1 atom stereocenters. The average molecular weight is 357 g/mol. The van der Waals surface area contributed by atoms with Crippen LogP contribution in [0.25, 0.3) is 11.1 Å². The summed E-state index contributed by atoms with van der Waals surface area (Å²) in [7, 11) is 0. The molecular weight excluding hydrogens is 334 g/mol. The number of fused-ring (bicyclic) bond motifs is 1. The summed E-state index contributed by atoms with van der Waals surface area (Å²) in [6.45, 7) is 2.72. The van der Waals surface area contributed by atoms with E-state index in [4.69, 9.17) is 4.74 Å². The molecule has 0 saturated carbocycles. The zero-order valence-electron chi connectivity index (χ0n) is 15.5. The third kappa shape index (κ3) is 3.59. The van der Waals surface area contributed by atoms with Crippen molar-refractivity contribution in [3.05, 3.63) is 84.4 Å². The molecule has 0 saturated heterocycles. The fraction of sp³-hybridized carbons (Fsp3) is 0.208. The van der Waals surface area contributed by atoms with Crippen LogP contribution >= 0.6 is 0 Å². The molecule has 0 aromatic heterocycles. The summed E-state index contributed by atoms with van der Waals surface area (Å²) in [5, 5.41) is 0. The number of rotatable bonds is 5. The Hall–Kier alpha value is -3.07. The Morgan fingerprint density at radius 2 is 1.59 bits per heavy atom. The van der Waals surface area contributed by atoms with Gasteiger partial charge in [0.25, 0.3) is 5.91 Å². The van der Waals surface area contributed by atoms with Gasteiger partial charge in [0.2, 0.25) is 0 Å². The third-order valence-electron chi connectivity index (χ3n) is 5.04. The van der Waals surface area contributed by atoms with E-state index in [9.17, 15) is 4.79 Å². The number of amides is 1. The topological polar surface area (TPSA) is 29.5 Å². The lowest BCUT2D eigenvalue weighted by atomic mass is 10.1. The van der Waals surface area contributed by atoms with Crippen LogP contribution in [0.4, 0.5) is 5.69 Å². The first kappa shape index (κ1) is 17.3. The molecule has 3 nitrogen and oxygen atoms in total. The predicted octanol–water partition coefficient (Wildman–Crippen LogP) is 5.10. The van der Waals surface area contributed by atoms with Crippen LogP contribution in [0.15, 0.2) is 78.9 Å². The molecule has 4 rings (SSSR count). The van der Waals surface area contributed by atoms with Crippen molar-refractivity contribution < 1.29 is 9.53 Å². The average Bonchev–Trinajstić information content (AvgIpc) is 3.17. The number of hydrogen-bond acceptors (Lipinski definition) is 2. The first-order valence-corrected chi connectivity index (χ1v) is 9.47. The van der Waals surface area contributed by atoms with Gasteiger partial charge in [-0.1, -0.05) is 67.6 Å². The van der Waals surface area contributed by atoms with E-state index in [1.807, 2.05) is 72.5 Å². The van der Waals surface area contributed by atoms with Crippen LogP contribution in [-0.4, -0.2) is 18.6 Å². The van der Waals surface area contributed by atoms with Crippen molar-refractivity contribution in [2.24, 2.45) is 0 Å². The van der Waals surface area contributed by atoms with Crippen molar-refractivity contribution in [1.82, 2.24) is 0 Å². The number of benzene rings is 3. The number of anilines is 1. The first-order valence-electron chi connectivity index (χ1n) is 9.47. The van der Waals surface area contributed by atoms with Gasteiger partial charge >= 0.3 is 0 Å². The van der Waals surface area contributed by atoms with Crippen LogP contribution < -0.4 is 9.64 Å². The molecular formula is C24H23NO2. The van der Waals surface area contributed by atoms with Gasteiger partial charge in [0, 0.05) is 12.2 Å². The quantitative estimate of drug-likeness (QED) is 0.636. The zero-order valence-corrected chi connectivity index (χ0v) is 15.5. The summed E-state index contributed by atoms with van der Waals surface area (Å²) in [6.07, 6.45) is 1.07. The summed E-state index contributed by atoms with van der Waals surface area (Å²) in [4.78, 5) is 14.9. The largest absolute Gasteiger partial charge is 0.481 e. The molecule has 1 amide bonds. The van der Waals surface area contributed by atoms with Gasteiger partial charge < -0.3 is 9.64 Å². The van der Waals surface area contributed by atoms with Crippen molar-refractivity contribution in [2.45, 2.75) is 25.9 Å². The minimum Gasteiger partial charge on any atom is -0.481 e. The van der Waals surface area contributed by atoms with Gasteiger partial charge in [0.1, 0.15) is 5.75 Å². The van der Waals surface area contributed by atoms with Crippen LogP contribution in [-0.2, 0) is 11.2 Å². The van der Waals surface area contributed by atoms with E-state index in [2.05, 4.69) is 18.2 Å². The Morgan fingerprint density at radius 1 is 0.926 bits per heavy atom. The molecule has 0 spiro atoms. The van der Waals surface area contributed by atoms with Gasteiger partial charge in [-0.3, -0.25) is 4.79 Å². The maximum Gasteiger partial charge on any atom is 0.268 e. The summed E-state index contributed by atoms with van der Waals surface area (Å²) in [5.74, 6) is 0.761. The van der Waals surface area contributed by atoms with E-state index >= 15 is 0 Å². The Bertz CT molecular complexity index is 919. The number of carbonyl (C=O) groups excluding carboxylic acids is 1. The minimum absolute atomic E-state index is 0.0367. The number of hydrogen-bond donors (Lipinski definition) is 0. The molecule has 0 fully saturated rings. The Labute approximate surface area is 160 Å². The van der Waals surface area contributed by atoms with Gasteiger partial charge in [-0.05, 0) is 47.7 Å². The highest BCUT2D eigenvalue weighted by Crippen LogP contribution is 2.29. The van der Waals surface area contributed by atoms with Crippen LogP contribution in [0.2, 0.25) is 0 Å². The smallest absolute Gasteiger partial charge is 0.268 e. The van der Waals surface area contributed by atoms with Gasteiger partial charge in [-0.15, -0.1) is 0 Å². The second-order valence-electron chi connectivity index (χ2n) is 6.77. The number of nitrogens with zero attached hydrogens (tertiary/aromatic N) is 1. The molecule has 1 heterocycles. The summed E-state index contributed by atoms with van der Waals surface area (Å²) >= 11 is 0. The van der Waals surface area contributed by atoms with Crippen molar-refractivity contribution in [3.8, 4) is 16.9 Å². The molecule has 27 heavy (non-hydrogen) atoms. The normalized spacial score (nSPS) is 13.9. The van der Waals surface area contributed by atoms with E-state index < -0.39 is 6.10 Å². The monoisotopic (exact) mass is 357 g/mol. The highest BCUT2D eigenvalue weighted by atomic mass is 16.5. The molecule has 3 heteroatoms. The molecule has 1 aliphatic rings. The van der Waals surface area contributed by atoms with E-state index in [0.29, 0.717) is 6.42 Å². The molecule has 0 unspecified atom stereocenters. The Morgan fingerprint density at radius 3 is 2.33 bits per heavy atom. The van der Waals surface area contributed by atoms with Crippen molar-refractivity contribution in [1.29, 1.82) is 0 Å². The summed E-state index contributed by atoms with van der Waals surface area (Å²) in [6, 6.07) is 26.3. The highest BCUT2D eigenvalue weighted by molar-refractivity contribution is 5.98. The highest BCUT2D eigenvalue weighted by Gasteiger charge is 2.30. The number of carbonyl (C=O) groups is 1. The fourth-order valence-corrected chi connectivity index (χ4v) is 3.57. The minimum atomic E-state index is -0.473. The second kappa shape index (κ2) is 7.67. The van der Waals surface area contributed by atoms with Crippen LogP contribution in [0.5, 0.6) is 5.75 Å². The van der Waals surface area contributed by atoms with Gasteiger partial charge in [0.15, 0.2) is 6.10 Å². The molecule has 3 aromatic rings. The molecule has 3 aromatic carbocycles. The first-order chi connectivity index (χ1) is 13.3. The van der Waals surface area contributed by atoms with Crippen LogP contribution in [0, 0.1) is 0 Å². The molecule has 1 aliphatic heterocycles. The maximum absolute atomic E-state index is 13.0. The molecule has 0 aliphatic carbocycles. The standard InChI is InChI=1S/C24H23NO2/c1-2-23(24(26)25-17-16-20-10-6-7-11-22(20)25)27-21-14-12-19(13-15-21)18-8-4-3-5-9-18/h3-15,23H,2,16-17H2,1H3/t23-/m1/s1. The Balaban J connectivity index is 1.48. The van der Waals surface area contributed by atoms with E-state index in [-0.39, 0.29) is 5.91 Å². The summed E-state index contributed by atoms with van der Waals surface area (Å²) in [5.41, 5.74) is 4.55. The fourth-order valence-electron chi connectivity index (χ4n) is 3.57. The van der Waals surface area contributed by atoms with Crippen LogP contribution in [0.3, 0.4) is 0 Å². The van der Waals surface area contributed by atoms with Gasteiger partial charge in [0.05, 0.1) is 0 Å². The third-order valence-corrected chi connectivity index (χ3v) is 5.04. The van der Waals surface area contributed by atoms with E-state index in [0.717, 1.165) is 30.0 Å². The van der Waals surface area contributed by atoms with Crippen LogP contribution in [0.1, 0.15) is 18.9 Å². The van der Waals surface area contributed by atoms with E-state index in [1.54, 1.807) is 0 Å². The lowest BCUT2D eigenvalue weighted by Gasteiger charge is -2.24. The predicted molar refractivity (Wildman–Crippen MR) is 109 cm³/mol. The SMILES string of the molecule is CC[C@@H](Oc1ccc(-c2ccccc2)cc1)C(=O)N1CCc2ccccc21. The number of ether oxygens (including phenoxy) is 1. The zero-order chi connectivity index (χ0) is 18.6. The van der Waals surface area contributed by atoms with E-state index in [1.165, 1.54) is 11.1 Å². The van der Waals surface area contributed by atoms with Crippen molar-refractivity contribution in [2.75, 3.05) is 11.4 Å². The lowest BCUT2D eigenvalue weighted by molar-refractivity contribution is -0.125. The molecule has 136 valence electrons. The maximum atomic E-state index is 13.0. The second-order valence-corrected chi connectivity index (χ2v) is 6.77. The van der Waals surface area contributed by atoms with Crippen molar-refractivity contribution >= 4 is 11.6 Å². The molecule has 0 N–H and O–H groups in total. The molecule has 0 bridgehead atoms. The van der Waals surface area contributed by atoms with Crippen molar-refractivity contribution in [3.63, 3.8) is 0 Å². The Kier molecular flexibility index (Phi) is 4.93. The van der Waals surface area contributed by atoms with Gasteiger partial charge in [-0.25, -0.2) is 0 Å². The van der Waals surface area contributed by atoms with Gasteiger partial charge in [-0.2, -0.15) is 0 Å². The number of para-hydroxylation sites is 1. The molecule has 0 radical (unpaired) electrons.